The van der Waals surface area contributed by atoms with Gasteiger partial charge in [0, 0.05) is 43.6 Å². The Morgan fingerprint density at radius 2 is 2.19 bits per heavy atom. The molecule has 2 heterocycles. The number of rotatable bonds is 6. The zero-order valence-electron chi connectivity index (χ0n) is 15.3. The third-order valence-corrected chi connectivity index (χ3v) is 5.48. The fourth-order valence-corrected chi connectivity index (χ4v) is 4.00. The number of H-pyrrole nitrogens is 1. The lowest BCUT2D eigenvalue weighted by atomic mass is 9.96. The van der Waals surface area contributed by atoms with Gasteiger partial charge in [0.2, 0.25) is 17.7 Å². The van der Waals surface area contributed by atoms with E-state index in [-0.39, 0.29) is 36.4 Å². The Kier molecular flexibility index (Phi) is 5.57. The highest BCUT2D eigenvalue weighted by molar-refractivity contribution is 5.95. The van der Waals surface area contributed by atoms with Crippen molar-refractivity contribution in [2.45, 2.75) is 51.1 Å². The zero-order chi connectivity index (χ0) is 19.6. The third kappa shape index (κ3) is 4.17. The summed E-state index contributed by atoms with van der Waals surface area (Å²) < 4.78 is 0. The Hall–Kier alpha value is -2.71. The van der Waals surface area contributed by atoms with Crippen molar-refractivity contribution in [2.75, 3.05) is 6.54 Å². The van der Waals surface area contributed by atoms with Gasteiger partial charge in [-0.3, -0.25) is 19.2 Å². The average molecular weight is 375 g/mol. The van der Waals surface area contributed by atoms with Crippen LogP contribution in [0.3, 0.4) is 0 Å². The quantitative estimate of drug-likeness (QED) is 0.617. The van der Waals surface area contributed by atoms with E-state index in [9.17, 15) is 19.2 Å². The summed E-state index contributed by atoms with van der Waals surface area (Å²) in [6.45, 7) is 2.30. The lowest BCUT2D eigenvalue weighted by Gasteiger charge is -2.28. The number of hydrogen-bond donors (Lipinski definition) is 3. The Morgan fingerprint density at radius 1 is 1.41 bits per heavy atom. The van der Waals surface area contributed by atoms with Crippen LogP contribution in [-0.2, 0) is 25.6 Å². The maximum absolute atomic E-state index is 13.1. The first-order chi connectivity index (χ1) is 12.9. The number of ketones is 1. The highest BCUT2D eigenvalue weighted by Gasteiger charge is 2.40. The Morgan fingerprint density at radius 3 is 2.78 bits per heavy atom. The van der Waals surface area contributed by atoms with Gasteiger partial charge in [-0.25, -0.2) is 4.98 Å². The number of nitrogens with one attached hydrogen (secondary N) is 2. The van der Waals surface area contributed by atoms with Crippen molar-refractivity contribution in [1.82, 2.24) is 20.2 Å². The van der Waals surface area contributed by atoms with E-state index in [0.717, 1.165) is 0 Å². The molecule has 3 rings (SSSR count). The molecular formula is C18H25N5O4. The van der Waals surface area contributed by atoms with E-state index in [4.69, 9.17) is 5.73 Å². The minimum Gasteiger partial charge on any atom is -0.368 e. The van der Waals surface area contributed by atoms with E-state index in [1.165, 1.54) is 11.2 Å². The molecule has 3 amide bonds. The molecule has 1 saturated carbocycles. The second-order valence-electron chi connectivity index (χ2n) is 7.46. The number of Topliss-reactive ketones (excluding diaryl/α,β-unsaturated/α-hetero) is 1. The van der Waals surface area contributed by atoms with Crippen LogP contribution in [0.4, 0.5) is 0 Å². The smallest absolute Gasteiger partial charge is 0.246 e. The number of primary amides is 1. The van der Waals surface area contributed by atoms with E-state index >= 15 is 0 Å². The Labute approximate surface area is 157 Å². The van der Waals surface area contributed by atoms with Gasteiger partial charge in [0.25, 0.3) is 0 Å². The molecule has 2 fully saturated rings. The zero-order valence-corrected chi connectivity index (χ0v) is 15.3. The summed E-state index contributed by atoms with van der Waals surface area (Å²) in [5, 5.41) is 2.80. The maximum Gasteiger partial charge on any atom is 0.246 e. The van der Waals surface area contributed by atoms with Crippen molar-refractivity contribution in [2.24, 2.45) is 17.6 Å². The van der Waals surface area contributed by atoms with Crippen LogP contribution in [0.15, 0.2) is 12.5 Å². The van der Waals surface area contributed by atoms with E-state index in [2.05, 4.69) is 15.3 Å². The van der Waals surface area contributed by atoms with Crippen molar-refractivity contribution in [3.8, 4) is 0 Å². The summed E-state index contributed by atoms with van der Waals surface area (Å²) >= 11 is 0. The number of aromatic nitrogens is 2. The molecule has 1 aliphatic heterocycles. The summed E-state index contributed by atoms with van der Waals surface area (Å²) in [6.07, 6.45) is 5.11. The van der Waals surface area contributed by atoms with Crippen molar-refractivity contribution in [3.05, 3.63) is 18.2 Å². The molecule has 27 heavy (non-hydrogen) atoms. The number of amides is 3. The first-order valence-electron chi connectivity index (χ1n) is 9.26. The van der Waals surface area contributed by atoms with Gasteiger partial charge in [0.05, 0.1) is 6.33 Å². The predicted molar refractivity (Wildman–Crippen MR) is 95.0 cm³/mol. The van der Waals surface area contributed by atoms with Gasteiger partial charge in [-0.05, 0) is 18.8 Å². The number of likely N-dealkylation sites (tertiary alicyclic amines) is 1. The number of nitrogens with zero attached hydrogens (tertiary/aromatic N) is 2. The van der Waals surface area contributed by atoms with Gasteiger partial charge in [-0.15, -0.1) is 0 Å². The maximum atomic E-state index is 13.1. The summed E-state index contributed by atoms with van der Waals surface area (Å²) in [7, 11) is 0. The fourth-order valence-electron chi connectivity index (χ4n) is 4.00. The molecule has 0 radical (unpaired) electrons. The summed E-state index contributed by atoms with van der Waals surface area (Å²) in [4.78, 5) is 57.4. The highest BCUT2D eigenvalue weighted by Crippen LogP contribution is 2.29. The summed E-state index contributed by atoms with van der Waals surface area (Å²) in [5.74, 6) is -1.60. The first kappa shape index (κ1) is 19.1. The molecule has 2 aliphatic rings. The molecule has 0 bridgehead atoms. The standard InChI is InChI=1S/C18H25N5O4/c1-10-5-12(24)7-13(10)17(26)22-14(6-11-8-20-9-21-11)18(27)23-4-2-3-15(23)16(19)25/h8-10,13-15H,2-7H2,1H3,(H2,19,25)(H,20,21)(H,22,26)/t10-,13-,14-,15-/m0/s1. The van der Waals surface area contributed by atoms with Crippen molar-refractivity contribution in [3.63, 3.8) is 0 Å². The second kappa shape index (κ2) is 7.89. The van der Waals surface area contributed by atoms with Crippen LogP contribution in [0.5, 0.6) is 0 Å². The SMILES string of the molecule is C[C@H]1CC(=O)C[C@@H]1C(=O)N[C@@H](Cc1cnc[nH]1)C(=O)N1CCC[C@H]1C(N)=O. The van der Waals surface area contributed by atoms with Gasteiger partial charge < -0.3 is 20.9 Å². The average Bonchev–Trinajstić information content (AvgIpc) is 3.34. The van der Waals surface area contributed by atoms with Gasteiger partial charge in [-0.1, -0.05) is 6.92 Å². The van der Waals surface area contributed by atoms with E-state index in [1.54, 1.807) is 6.20 Å². The van der Waals surface area contributed by atoms with Gasteiger partial charge >= 0.3 is 0 Å². The first-order valence-corrected chi connectivity index (χ1v) is 9.26. The largest absolute Gasteiger partial charge is 0.368 e. The monoisotopic (exact) mass is 375 g/mol. The van der Waals surface area contributed by atoms with E-state index in [0.29, 0.717) is 31.5 Å². The second-order valence-corrected chi connectivity index (χ2v) is 7.46. The number of imidazole rings is 1. The molecule has 0 aromatic carbocycles. The number of carbonyl (C=O) groups excluding carboxylic acids is 4. The van der Waals surface area contributed by atoms with Crippen molar-refractivity contribution < 1.29 is 19.2 Å². The number of aromatic amines is 1. The molecular weight excluding hydrogens is 350 g/mol. The van der Waals surface area contributed by atoms with Gasteiger partial charge in [0.1, 0.15) is 17.9 Å². The molecule has 9 nitrogen and oxygen atoms in total. The predicted octanol–water partition coefficient (Wildman–Crippen LogP) is -0.471. The van der Waals surface area contributed by atoms with Crippen LogP contribution in [0, 0.1) is 11.8 Å². The van der Waals surface area contributed by atoms with Crippen molar-refractivity contribution >= 4 is 23.5 Å². The van der Waals surface area contributed by atoms with Crippen LogP contribution in [0.1, 0.15) is 38.3 Å². The third-order valence-electron chi connectivity index (χ3n) is 5.48. The molecule has 9 heteroatoms. The highest BCUT2D eigenvalue weighted by atomic mass is 16.2. The molecule has 146 valence electrons. The van der Waals surface area contributed by atoms with Crippen molar-refractivity contribution in [1.29, 1.82) is 0 Å². The minimum atomic E-state index is -0.846. The number of nitrogens with two attached hydrogens (primary N) is 1. The molecule has 4 N–H and O–H groups in total. The molecule has 1 saturated heterocycles. The lowest BCUT2D eigenvalue weighted by molar-refractivity contribution is -0.141. The minimum absolute atomic E-state index is 0.0504. The topological polar surface area (TPSA) is 138 Å². The number of carbonyl (C=O) groups is 4. The van der Waals surface area contributed by atoms with Crippen LogP contribution < -0.4 is 11.1 Å². The van der Waals surface area contributed by atoms with Gasteiger partial charge in [-0.2, -0.15) is 0 Å². The van der Waals surface area contributed by atoms with Crippen LogP contribution >= 0.6 is 0 Å². The molecule has 0 unspecified atom stereocenters. The Balaban J connectivity index is 1.76. The van der Waals surface area contributed by atoms with Crippen LogP contribution in [0.2, 0.25) is 0 Å². The molecule has 0 spiro atoms. The van der Waals surface area contributed by atoms with E-state index in [1.807, 2.05) is 6.92 Å². The summed E-state index contributed by atoms with van der Waals surface area (Å²) in [6, 6.07) is -1.49. The van der Waals surface area contributed by atoms with Crippen LogP contribution in [-0.4, -0.2) is 57.0 Å². The fraction of sp³-hybridized carbons (Fsp3) is 0.611. The lowest BCUT2D eigenvalue weighted by Crippen LogP contribution is -2.54. The van der Waals surface area contributed by atoms with E-state index < -0.39 is 23.9 Å². The van der Waals surface area contributed by atoms with Crippen LogP contribution in [0.25, 0.3) is 0 Å². The molecule has 1 aliphatic carbocycles. The normalized spacial score (nSPS) is 26.2. The number of hydrogen-bond acceptors (Lipinski definition) is 5. The molecule has 1 aromatic rings. The Bertz CT molecular complexity index is 732. The molecule has 1 aromatic heterocycles. The molecule has 4 atom stereocenters. The van der Waals surface area contributed by atoms with Gasteiger partial charge in [0.15, 0.2) is 0 Å². The summed E-state index contributed by atoms with van der Waals surface area (Å²) in [5.41, 5.74) is 6.12.